The average molecular weight is 299 g/mol. The van der Waals surface area contributed by atoms with Gasteiger partial charge in [-0.25, -0.2) is 13.2 Å². The van der Waals surface area contributed by atoms with E-state index in [9.17, 15) is 13.2 Å². The summed E-state index contributed by atoms with van der Waals surface area (Å²) in [5.41, 5.74) is 1.89. The van der Waals surface area contributed by atoms with E-state index in [-0.39, 0.29) is 11.8 Å². The Labute approximate surface area is 120 Å². The molecule has 0 aliphatic rings. The van der Waals surface area contributed by atoms with Gasteiger partial charge >= 0.3 is 6.03 Å². The monoisotopic (exact) mass is 299 g/mol. The second-order valence-electron chi connectivity index (χ2n) is 4.42. The Balaban J connectivity index is 2.75. The number of sulfonamides is 1. The van der Waals surface area contributed by atoms with Gasteiger partial charge in [-0.2, -0.15) is 0 Å². The van der Waals surface area contributed by atoms with E-state index in [1.54, 1.807) is 32.0 Å². The Hall–Kier alpha value is -1.76. The van der Waals surface area contributed by atoms with Crippen LogP contribution in [0.15, 0.2) is 18.2 Å². The molecule has 0 aliphatic heterocycles. The molecule has 2 amide bonds. The normalized spacial score (nSPS) is 10.9. The third kappa shape index (κ3) is 5.08. The van der Waals surface area contributed by atoms with Crippen LogP contribution < -0.4 is 15.4 Å². The Morgan fingerprint density at radius 1 is 1.25 bits per heavy atom. The predicted molar refractivity (Wildman–Crippen MR) is 81.6 cm³/mol. The molecule has 7 heteroatoms. The third-order valence-electron chi connectivity index (χ3n) is 2.67. The molecular formula is C13H21N3O3S. The summed E-state index contributed by atoms with van der Waals surface area (Å²) < 4.78 is 25.5. The summed E-state index contributed by atoms with van der Waals surface area (Å²) in [5, 5.41) is 5.40. The van der Waals surface area contributed by atoms with Crippen LogP contribution in [0.2, 0.25) is 0 Å². The summed E-state index contributed by atoms with van der Waals surface area (Å²) in [6.45, 7) is 5.94. The number of nitrogens with one attached hydrogen (secondary N) is 3. The van der Waals surface area contributed by atoms with Gasteiger partial charge in [0.2, 0.25) is 10.0 Å². The summed E-state index contributed by atoms with van der Waals surface area (Å²) in [6.07, 6.45) is 0.865. The van der Waals surface area contributed by atoms with Gasteiger partial charge in [-0.05, 0) is 44.0 Å². The zero-order chi connectivity index (χ0) is 15.2. The van der Waals surface area contributed by atoms with Crippen molar-refractivity contribution in [2.75, 3.05) is 22.3 Å². The lowest BCUT2D eigenvalue weighted by Crippen LogP contribution is -2.29. The van der Waals surface area contributed by atoms with Crippen molar-refractivity contribution in [3.8, 4) is 0 Å². The highest BCUT2D eigenvalue weighted by Gasteiger charge is 2.09. The molecule has 0 atom stereocenters. The van der Waals surface area contributed by atoms with E-state index in [4.69, 9.17) is 0 Å². The molecule has 1 aromatic carbocycles. The number of hydrogen-bond donors (Lipinski definition) is 3. The highest BCUT2D eigenvalue weighted by molar-refractivity contribution is 7.92. The van der Waals surface area contributed by atoms with Crippen molar-refractivity contribution in [1.29, 1.82) is 0 Å². The van der Waals surface area contributed by atoms with E-state index in [1.807, 2.05) is 6.92 Å². The number of hydrogen-bond acceptors (Lipinski definition) is 3. The smallest absolute Gasteiger partial charge is 0.319 e. The predicted octanol–water partition coefficient (Wildman–Crippen LogP) is 2.29. The van der Waals surface area contributed by atoms with Crippen LogP contribution >= 0.6 is 0 Å². The van der Waals surface area contributed by atoms with Crippen molar-refractivity contribution >= 4 is 27.4 Å². The molecule has 1 aromatic rings. The molecule has 0 aliphatic carbocycles. The van der Waals surface area contributed by atoms with Crippen LogP contribution in [0, 0.1) is 6.92 Å². The number of aryl methyl sites for hydroxylation is 1. The van der Waals surface area contributed by atoms with E-state index < -0.39 is 10.0 Å². The maximum atomic E-state index is 11.5. The maximum Gasteiger partial charge on any atom is 0.319 e. The topological polar surface area (TPSA) is 87.3 Å². The van der Waals surface area contributed by atoms with Crippen LogP contribution in [0.25, 0.3) is 0 Å². The van der Waals surface area contributed by atoms with Gasteiger partial charge in [-0.1, -0.05) is 6.92 Å². The zero-order valence-corrected chi connectivity index (χ0v) is 12.8. The summed E-state index contributed by atoms with van der Waals surface area (Å²) in [4.78, 5) is 11.5. The lowest BCUT2D eigenvalue weighted by atomic mass is 10.2. The SMILES string of the molecule is CCCNC(=O)Nc1ccc(NS(=O)(=O)CC)c(C)c1. The quantitative estimate of drug-likeness (QED) is 0.753. The number of carbonyl (C=O) groups excluding carboxylic acids is 1. The van der Waals surface area contributed by atoms with Gasteiger partial charge in [0.1, 0.15) is 0 Å². The molecule has 0 fully saturated rings. The first-order valence-corrected chi connectivity index (χ1v) is 8.19. The number of carbonyl (C=O) groups is 1. The first-order chi connectivity index (χ1) is 9.38. The largest absolute Gasteiger partial charge is 0.338 e. The number of amides is 2. The minimum atomic E-state index is -3.29. The average Bonchev–Trinajstić information content (AvgIpc) is 2.39. The minimum Gasteiger partial charge on any atom is -0.338 e. The van der Waals surface area contributed by atoms with Crippen LogP contribution in [-0.4, -0.2) is 26.7 Å². The molecule has 0 saturated heterocycles. The second kappa shape index (κ2) is 7.14. The fraction of sp³-hybridized carbons (Fsp3) is 0.462. The Morgan fingerprint density at radius 2 is 1.95 bits per heavy atom. The van der Waals surface area contributed by atoms with E-state index in [1.165, 1.54) is 0 Å². The molecule has 112 valence electrons. The Morgan fingerprint density at radius 3 is 2.50 bits per heavy atom. The Bertz CT molecular complexity index is 570. The van der Waals surface area contributed by atoms with Gasteiger partial charge in [0.25, 0.3) is 0 Å². The van der Waals surface area contributed by atoms with E-state index in [0.29, 0.717) is 17.9 Å². The van der Waals surface area contributed by atoms with Gasteiger partial charge in [0.05, 0.1) is 11.4 Å². The van der Waals surface area contributed by atoms with E-state index >= 15 is 0 Å². The fourth-order valence-electron chi connectivity index (χ4n) is 1.51. The number of anilines is 2. The van der Waals surface area contributed by atoms with Crippen molar-refractivity contribution in [2.24, 2.45) is 0 Å². The van der Waals surface area contributed by atoms with Crippen molar-refractivity contribution in [3.63, 3.8) is 0 Å². The van der Waals surface area contributed by atoms with Gasteiger partial charge in [-0.3, -0.25) is 4.72 Å². The molecule has 0 bridgehead atoms. The second-order valence-corrected chi connectivity index (χ2v) is 6.43. The van der Waals surface area contributed by atoms with Gasteiger partial charge in [0.15, 0.2) is 0 Å². The van der Waals surface area contributed by atoms with Gasteiger partial charge < -0.3 is 10.6 Å². The first-order valence-electron chi connectivity index (χ1n) is 6.54. The van der Waals surface area contributed by atoms with Crippen molar-refractivity contribution in [3.05, 3.63) is 23.8 Å². The Kier molecular flexibility index (Phi) is 5.82. The van der Waals surface area contributed by atoms with Gasteiger partial charge in [-0.15, -0.1) is 0 Å². The third-order valence-corrected chi connectivity index (χ3v) is 3.96. The maximum absolute atomic E-state index is 11.5. The number of urea groups is 1. The molecule has 0 radical (unpaired) electrons. The minimum absolute atomic E-state index is 0.0197. The van der Waals surface area contributed by atoms with E-state index in [0.717, 1.165) is 12.0 Å². The van der Waals surface area contributed by atoms with Crippen LogP contribution in [0.4, 0.5) is 16.2 Å². The van der Waals surface area contributed by atoms with Crippen molar-refractivity contribution in [1.82, 2.24) is 5.32 Å². The molecule has 1 rings (SSSR count). The molecule has 0 spiro atoms. The highest BCUT2D eigenvalue weighted by atomic mass is 32.2. The van der Waals surface area contributed by atoms with Crippen LogP contribution in [-0.2, 0) is 10.0 Å². The van der Waals surface area contributed by atoms with Crippen molar-refractivity contribution < 1.29 is 13.2 Å². The molecule has 0 aromatic heterocycles. The molecule has 3 N–H and O–H groups in total. The van der Waals surface area contributed by atoms with Gasteiger partial charge in [0, 0.05) is 12.2 Å². The van der Waals surface area contributed by atoms with Crippen molar-refractivity contribution in [2.45, 2.75) is 27.2 Å². The summed E-state index contributed by atoms with van der Waals surface area (Å²) in [7, 11) is -3.29. The highest BCUT2D eigenvalue weighted by Crippen LogP contribution is 2.20. The summed E-state index contributed by atoms with van der Waals surface area (Å²) in [5.74, 6) is 0.0197. The molecule has 0 unspecified atom stereocenters. The lowest BCUT2D eigenvalue weighted by Gasteiger charge is -2.12. The summed E-state index contributed by atoms with van der Waals surface area (Å²) in [6, 6.07) is 4.75. The first kappa shape index (κ1) is 16.3. The number of rotatable bonds is 6. The standard InChI is InChI=1S/C13H21N3O3S/c1-4-8-14-13(17)15-11-6-7-12(10(3)9-11)16-20(18,19)5-2/h6-7,9,16H,4-5,8H2,1-3H3,(H2,14,15,17). The fourth-order valence-corrected chi connectivity index (χ4v) is 2.22. The lowest BCUT2D eigenvalue weighted by molar-refractivity contribution is 0.252. The molecule has 0 heterocycles. The molecule has 0 saturated carbocycles. The molecule has 20 heavy (non-hydrogen) atoms. The molecular weight excluding hydrogens is 278 g/mol. The summed E-state index contributed by atoms with van der Waals surface area (Å²) >= 11 is 0. The zero-order valence-electron chi connectivity index (χ0n) is 12.0. The number of benzene rings is 1. The van der Waals surface area contributed by atoms with E-state index in [2.05, 4.69) is 15.4 Å². The van der Waals surface area contributed by atoms with Crippen LogP contribution in [0.3, 0.4) is 0 Å². The van der Waals surface area contributed by atoms with Crippen LogP contribution in [0.5, 0.6) is 0 Å². The molecule has 6 nitrogen and oxygen atoms in total. The van der Waals surface area contributed by atoms with Crippen LogP contribution in [0.1, 0.15) is 25.8 Å².